The van der Waals surface area contributed by atoms with Crippen LogP contribution in [-0.4, -0.2) is 44.1 Å². The lowest BCUT2D eigenvalue weighted by Gasteiger charge is -2.27. The van der Waals surface area contributed by atoms with Crippen molar-refractivity contribution in [2.75, 3.05) is 33.7 Å². The predicted molar refractivity (Wildman–Crippen MR) is 54.0 cm³/mol. The first-order valence-electron chi connectivity index (χ1n) is 4.48. The van der Waals surface area contributed by atoms with E-state index in [0.717, 1.165) is 30.5 Å². The van der Waals surface area contributed by atoms with Gasteiger partial charge in [0.2, 0.25) is 5.91 Å². The molecule has 3 nitrogen and oxygen atoms in total. The SMILES string of the molecule is C#CC[N+](C)(C)CCCNC(C)=O. The summed E-state index contributed by atoms with van der Waals surface area (Å²) in [4.78, 5) is 10.5. The fourth-order valence-corrected chi connectivity index (χ4v) is 1.10. The highest BCUT2D eigenvalue weighted by Crippen LogP contribution is 1.96. The summed E-state index contributed by atoms with van der Waals surface area (Å²) in [5, 5.41) is 2.76. The minimum Gasteiger partial charge on any atom is -0.356 e. The Morgan fingerprint density at radius 3 is 2.62 bits per heavy atom. The molecule has 1 N–H and O–H groups in total. The van der Waals surface area contributed by atoms with E-state index in [4.69, 9.17) is 6.42 Å². The molecule has 0 aromatic heterocycles. The standard InChI is InChI=1S/C10H18N2O/c1-5-8-12(3,4)9-6-7-11-10(2)13/h1H,6-9H2,2-4H3/p+1. The molecule has 0 spiro atoms. The predicted octanol–water partition coefficient (Wildman–Crippen LogP) is 0.222. The third-order valence-electron chi connectivity index (χ3n) is 1.83. The first kappa shape index (κ1) is 12.0. The number of hydrogen-bond acceptors (Lipinski definition) is 1. The van der Waals surface area contributed by atoms with Crippen LogP contribution in [0, 0.1) is 12.3 Å². The van der Waals surface area contributed by atoms with E-state index >= 15 is 0 Å². The Balaban J connectivity index is 3.52. The van der Waals surface area contributed by atoms with Crippen LogP contribution >= 0.6 is 0 Å². The van der Waals surface area contributed by atoms with Gasteiger partial charge in [0.05, 0.1) is 20.6 Å². The van der Waals surface area contributed by atoms with Gasteiger partial charge in [-0.3, -0.25) is 4.79 Å². The molecule has 0 aromatic carbocycles. The Kier molecular flexibility index (Phi) is 5.17. The molecule has 1 amide bonds. The average Bonchev–Trinajstić information content (AvgIpc) is 1.98. The summed E-state index contributed by atoms with van der Waals surface area (Å²) < 4.78 is 0.816. The topological polar surface area (TPSA) is 29.1 Å². The molecule has 13 heavy (non-hydrogen) atoms. The summed E-state index contributed by atoms with van der Waals surface area (Å²) in [6.45, 7) is 3.99. The van der Waals surface area contributed by atoms with Gasteiger partial charge < -0.3 is 9.80 Å². The van der Waals surface area contributed by atoms with Crippen molar-refractivity contribution in [1.29, 1.82) is 0 Å². The smallest absolute Gasteiger partial charge is 0.216 e. The lowest BCUT2D eigenvalue weighted by atomic mass is 10.3. The van der Waals surface area contributed by atoms with Gasteiger partial charge in [0.15, 0.2) is 0 Å². The monoisotopic (exact) mass is 183 g/mol. The molecule has 0 fully saturated rings. The molecule has 0 heterocycles. The van der Waals surface area contributed by atoms with E-state index in [0.29, 0.717) is 0 Å². The molecule has 0 saturated heterocycles. The largest absolute Gasteiger partial charge is 0.356 e. The fourth-order valence-electron chi connectivity index (χ4n) is 1.10. The van der Waals surface area contributed by atoms with Crippen LogP contribution in [0.5, 0.6) is 0 Å². The highest BCUT2D eigenvalue weighted by Gasteiger charge is 2.11. The second-order valence-corrected chi connectivity index (χ2v) is 3.86. The van der Waals surface area contributed by atoms with Crippen LogP contribution < -0.4 is 5.32 Å². The number of amides is 1. The first-order chi connectivity index (χ1) is 5.98. The third-order valence-corrected chi connectivity index (χ3v) is 1.83. The third kappa shape index (κ3) is 7.35. The first-order valence-corrected chi connectivity index (χ1v) is 4.48. The molecule has 0 radical (unpaired) electrons. The zero-order valence-electron chi connectivity index (χ0n) is 8.76. The molecule has 0 aliphatic heterocycles. The Hall–Kier alpha value is -1.01. The maximum Gasteiger partial charge on any atom is 0.216 e. The molecule has 3 heteroatoms. The lowest BCUT2D eigenvalue weighted by molar-refractivity contribution is -0.883. The Labute approximate surface area is 80.7 Å². The summed E-state index contributed by atoms with van der Waals surface area (Å²) in [5.74, 6) is 2.67. The van der Waals surface area contributed by atoms with Crippen molar-refractivity contribution in [2.45, 2.75) is 13.3 Å². The van der Waals surface area contributed by atoms with Crippen LogP contribution in [0.2, 0.25) is 0 Å². The minimum absolute atomic E-state index is 0.0299. The summed E-state index contributed by atoms with van der Waals surface area (Å²) in [6, 6.07) is 0. The van der Waals surface area contributed by atoms with Crippen molar-refractivity contribution < 1.29 is 9.28 Å². The minimum atomic E-state index is 0.0299. The number of quaternary nitrogens is 1. The van der Waals surface area contributed by atoms with Gasteiger partial charge in [-0.05, 0) is 5.92 Å². The molecule has 0 saturated carbocycles. The van der Waals surface area contributed by atoms with Gasteiger partial charge in [-0.25, -0.2) is 0 Å². The number of nitrogens with zero attached hydrogens (tertiary/aromatic N) is 1. The fraction of sp³-hybridized carbons (Fsp3) is 0.700. The summed E-state index contributed by atoms with van der Waals surface area (Å²) in [7, 11) is 4.18. The van der Waals surface area contributed by atoms with E-state index in [9.17, 15) is 4.79 Å². The maximum absolute atomic E-state index is 10.5. The number of carbonyl (C=O) groups is 1. The van der Waals surface area contributed by atoms with Crippen LogP contribution in [-0.2, 0) is 4.79 Å². The Morgan fingerprint density at radius 2 is 2.15 bits per heavy atom. The summed E-state index contributed by atoms with van der Waals surface area (Å²) in [5.41, 5.74) is 0. The average molecular weight is 183 g/mol. The molecule has 0 unspecified atom stereocenters. The molecular weight excluding hydrogens is 164 g/mol. The quantitative estimate of drug-likeness (QED) is 0.369. The van der Waals surface area contributed by atoms with E-state index in [1.165, 1.54) is 6.92 Å². The van der Waals surface area contributed by atoms with E-state index in [1.54, 1.807) is 0 Å². The molecule has 0 aromatic rings. The van der Waals surface area contributed by atoms with Crippen molar-refractivity contribution in [3.05, 3.63) is 0 Å². The highest BCUT2D eigenvalue weighted by molar-refractivity contribution is 5.72. The van der Waals surface area contributed by atoms with Crippen LogP contribution in [0.3, 0.4) is 0 Å². The number of rotatable bonds is 5. The Bertz CT molecular complexity index is 203. The number of hydrogen-bond donors (Lipinski definition) is 1. The van der Waals surface area contributed by atoms with E-state index in [-0.39, 0.29) is 5.91 Å². The van der Waals surface area contributed by atoms with Gasteiger partial charge in [-0.1, -0.05) is 0 Å². The van der Waals surface area contributed by atoms with Gasteiger partial charge in [0.25, 0.3) is 0 Å². The van der Waals surface area contributed by atoms with Gasteiger partial charge in [-0.15, -0.1) is 6.42 Å². The molecule has 0 rings (SSSR count). The molecule has 74 valence electrons. The number of nitrogens with one attached hydrogen (secondary N) is 1. The van der Waals surface area contributed by atoms with Gasteiger partial charge >= 0.3 is 0 Å². The molecule has 0 aliphatic rings. The number of carbonyl (C=O) groups excluding carboxylic acids is 1. The lowest BCUT2D eigenvalue weighted by Crippen LogP contribution is -2.41. The highest BCUT2D eigenvalue weighted by atomic mass is 16.1. The summed E-state index contributed by atoms with van der Waals surface area (Å²) in [6.07, 6.45) is 6.20. The second kappa shape index (κ2) is 5.60. The van der Waals surface area contributed by atoms with Crippen molar-refractivity contribution >= 4 is 5.91 Å². The second-order valence-electron chi connectivity index (χ2n) is 3.86. The Morgan fingerprint density at radius 1 is 1.54 bits per heavy atom. The van der Waals surface area contributed by atoms with E-state index in [1.807, 2.05) is 0 Å². The van der Waals surface area contributed by atoms with Crippen LogP contribution in [0.25, 0.3) is 0 Å². The van der Waals surface area contributed by atoms with Crippen molar-refractivity contribution in [1.82, 2.24) is 5.32 Å². The zero-order valence-corrected chi connectivity index (χ0v) is 8.76. The number of terminal acetylenes is 1. The van der Waals surface area contributed by atoms with Crippen LogP contribution in [0.4, 0.5) is 0 Å². The van der Waals surface area contributed by atoms with Crippen molar-refractivity contribution in [3.63, 3.8) is 0 Å². The van der Waals surface area contributed by atoms with Crippen LogP contribution in [0.1, 0.15) is 13.3 Å². The zero-order chi connectivity index (χ0) is 10.3. The van der Waals surface area contributed by atoms with Gasteiger partial charge in [0.1, 0.15) is 6.54 Å². The molecular formula is C10H19N2O+. The molecule has 0 aliphatic carbocycles. The van der Waals surface area contributed by atoms with Crippen molar-refractivity contribution in [2.24, 2.45) is 0 Å². The van der Waals surface area contributed by atoms with E-state index in [2.05, 4.69) is 25.3 Å². The van der Waals surface area contributed by atoms with Crippen LogP contribution in [0.15, 0.2) is 0 Å². The maximum atomic E-state index is 10.5. The summed E-state index contributed by atoms with van der Waals surface area (Å²) >= 11 is 0. The van der Waals surface area contributed by atoms with Crippen molar-refractivity contribution in [3.8, 4) is 12.3 Å². The van der Waals surface area contributed by atoms with Gasteiger partial charge in [-0.2, -0.15) is 0 Å². The van der Waals surface area contributed by atoms with Gasteiger partial charge in [0, 0.05) is 19.9 Å². The normalized spacial score (nSPS) is 10.6. The van der Waals surface area contributed by atoms with E-state index < -0.39 is 0 Å². The molecule has 0 atom stereocenters. The molecule has 0 bridgehead atoms.